The van der Waals surface area contributed by atoms with Crippen molar-refractivity contribution in [3.05, 3.63) is 48.7 Å². The van der Waals surface area contributed by atoms with E-state index in [9.17, 15) is 4.79 Å². The fourth-order valence-corrected chi connectivity index (χ4v) is 5.28. The SMILES string of the molecule is C=C[Si](CC)(CC)c1ccc(C(=O)OO[CH]COCC)cc1. The Kier molecular flexibility index (Phi) is 8.09. The maximum atomic E-state index is 11.8. The van der Waals surface area contributed by atoms with Gasteiger partial charge < -0.3 is 4.74 Å². The Morgan fingerprint density at radius 2 is 1.82 bits per heavy atom. The molecule has 0 saturated carbocycles. The Hall–Kier alpha value is -1.43. The van der Waals surface area contributed by atoms with Crippen molar-refractivity contribution in [2.45, 2.75) is 32.9 Å². The minimum atomic E-state index is -1.63. The summed E-state index contributed by atoms with van der Waals surface area (Å²) < 4.78 is 5.03. The molecule has 1 aromatic carbocycles. The molecule has 1 rings (SSSR count). The molecule has 4 nitrogen and oxygen atoms in total. The molecule has 22 heavy (non-hydrogen) atoms. The molecule has 0 N–H and O–H groups in total. The van der Waals surface area contributed by atoms with Crippen molar-refractivity contribution >= 4 is 19.2 Å². The van der Waals surface area contributed by atoms with Crippen molar-refractivity contribution < 1.29 is 19.3 Å². The van der Waals surface area contributed by atoms with E-state index in [0.717, 1.165) is 12.1 Å². The third-order valence-electron chi connectivity index (χ3n) is 3.93. The summed E-state index contributed by atoms with van der Waals surface area (Å²) in [7, 11) is -1.63. The summed E-state index contributed by atoms with van der Waals surface area (Å²) >= 11 is 0. The number of hydrogen-bond donors (Lipinski definition) is 0. The van der Waals surface area contributed by atoms with Gasteiger partial charge >= 0.3 is 5.97 Å². The van der Waals surface area contributed by atoms with E-state index < -0.39 is 14.0 Å². The average molecular weight is 321 g/mol. The van der Waals surface area contributed by atoms with Crippen LogP contribution in [-0.4, -0.2) is 27.3 Å². The van der Waals surface area contributed by atoms with E-state index in [2.05, 4.69) is 26.1 Å². The fraction of sp³-hybridized carbons (Fsp3) is 0.412. The van der Waals surface area contributed by atoms with Gasteiger partial charge in [0.2, 0.25) is 0 Å². The largest absolute Gasteiger partial charge is 0.379 e. The predicted octanol–water partition coefficient (Wildman–Crippen LogP) is 3.39. The summed E-state index contributed by atoms with van der Waals surface area (Å²) in [6.45, 7) is 12.4. The molecule has 0 aromatic heterocycles. The Bertz CT molecular complexity index is 466. The highest BCUT2D eigenvalue weighted by Crippen LogP contribution is 2.17. The zero-order valence-corrected chi connectivity index (χ0v) is 14.6. The first-order chi connectivity index (χ1) is 10.6. The monoisotopic (exact) mass is 321 g/mol. The molecule has 0 aliphatic rings. The summed E-state index contributed by atoms with van der Waals surface area (Å²) in [5.74, 6) is -0.516. The van der Waals surface area contributed by atoms with Crippen molar-refractivity contribution in [3.63, 3.8) is 0 Å². The first kappa shape index (κ1) is 18.6. The third-order valence-corrected chi connectivity index (χ3v) is 8.72. The van der Waals surface area contributed by atoms with E-state index >= 15 is 0 Å². The molecule has 0 fully saturated rings. The number of carbonyl (C=O) groups excluding carboxylic acids is 1. The predicted molar refractivity (Wildman–Crippen MR) is 90.3 cm³/mol. The van der Waals surface area contributed by atoms with Crippen LogP contribution in [0.3, 0.4) is 0 Å². The number of benzene rings is 1. The third kappa shape index (κ3) is 4.80. The first-order valence-electron chi connectivity index (χ1n) is 7.64. The molecule has 0 spiro atoms. The van der Waals surface area contributed by atoms with Crippen LogP contribution in [0.15, 0.2) is 36.5 Å². The van der Waals surface area contributed by atoms with Crippen molar-refractivity contribution in [1.29, 1.82) is 0 Å². The van der Waals surface area contributed by atoms with Crippen LogP contribution in [-0.2, 0) is 14.5 Å². The van der Waals surface area contributed by atoms with Gasteiger partial charge in [-0.05, 0) is 19.1 Å². The van der Waals surface area contributed by atoms with Crippen molar-refractivity contribution in [2.24, 2.45) is 0 Å². The molecular weight excluding hydrogens is 296 g/mol. The molecule has 0 aliphatic heterocycles. The lowest BCUT2D eigenvalue weighted by atomic mass is 10.2. The van der Waals surface area contributed by atoms with Gasteiger partial charge in [-0.1, -0.05) is 49.0 Å². The van der Waals surface area contributed by atoms with Crippen LogP contribution in [0.25, 0.3) is 0 Å². The van der Waals surface area contributed by atoms with Crippen LogP contribution in [0.1, 0.15) is 31.1 Å². The molecule has 0 saturated heterocycles. The molecule has 0 heterocycles. The normalized spacial score (nSPS) is 11.2. The smallest absolute Gasteiger partial charge is 0.373 e. The van der Waals surface area contributed by atoms with Crippen LogP contribution < -0.4 is 5.19 Å². The number of hydrogen-bond acceptors (Lipinski definition) is 4. The van der Waals surface area contributed by atoms with Crippen molar-refractivity contribution in [3.8, 4) is 0 Å². The van der Waals surface area contributed by atoms with Gasteiger partial charge in [-0.25, -0.2) is 4.79 Å². The molecule has 0 amide bonds. The molecule has 1 radical (unpaired) electrons. The average Bonchev–Trinajstić information content (AvgIpc) is 2.57. The van der Waals surface area contributed by atoms with Gasteiger partial charge in [-0.3, -0.25) is 4.89 Å². The van der Waals surface area contributed by atoms with E-state index in [1.165, 1.54) is 11.8 Å². The molecule has 0 atom stereocenters. The zero-order chi connectivity index (χ0) is 16.4. The highest BCUT2D eigenvalue weighted by atomic mass is 28.3. The summed E-state index contributed by atoms with van der Waals surface area (Å²) in [6, 6.07) is 9.77. The summed E-state index contributed by atoms with van der Waals surface area (Å²) in [4.78, 5) is 21.2. The zero-order valence-electron chi connectivity index (χ0n) is 13.6. The fourth-order valence-electron chi connectivity index (χ4n) is 2.32. The maximum Gasteiger partial charge on any atom is 0.373 e. The lowest BCUT2D eigenvalue weighted by Gasteiger charge is -2.25. The van der Waals surface area contributed by atoms with Gasteiger partial charge in [0.1, 0.15) is 8.07 Å². The lowest BCUT2D eigenvalue weighted by Crippen LogP contribution is -2.44. The van der Waals surface area contributed by atoms with Crippen LogP contribution >= 0.6 is 0 Å². The number of carbonyl (C=O) groups is 1. The molecule has 1 aromatic rings. The van der Waals surface area contributed by atoms with E-state index in [4.69, 9.17) is 14.5 Å². The topological polar surface area (TPSA) is 44.8 Å². The summed E-state index contributed by atoms with van der Waals surface area (Å²) in [5.41, 5.74) is 2.58. The minimum Gasteiger partial charge on any atom is -0.379 e. The van der Waals surface area contributed by atoms with E-state index in [0.29, 0.717) is 12.2 Å². The Morgan fingerprint density at radius 1 is 1.18 bits per heavy atom. The standard InChI is InChI=1S/C17H25O4Si/c1-5-19-13-14-20-21-17(18)15-9-11-16(12-10-15)22(6-2,7-3)8-4/h6,9-12,14H,2,5,7-8,13H2,1,3-4H3. The summed E-state index contributed by atoms with van der Waals surface area (Å²) in [5, 5.41) is 1.29. The molecular formula is C17H25O4Si. The highest BCUT2D eigenvalue weighted by Gasteiger charge is 2.27. The van der Waals surface area contributed by atoms with Gasteiger partial charge in [-0.2, -0.15) is 4.89 Å². The van der Waals surface area contributed by atoms with E-state index in [1.807, 2.05) is 19.1 Å². The van der Waals surface area contributed by atoms with Gasteiger partial charge in [-0.15, -0.1) is 6.58 Å². The van der Waals surface area contributed by atoms with Crippen molar-refractivity contribution in [2.75, 3.05) is 13.2 Å². The minimum absolute atomic E-state index is 0.281. The second-order valence-corrected chi connectivity index (χ2v) is 9.65. The Labute approximate surface area is 134 Å². The van der Waals surface area contributed by atoms with Crippen LogP contribution in [0.5, 0.6) is 0 Å². The van der Waals surface area contributed by atoms with Crippen molar-refractivity contribution in [1.82, 2.24) is 0 Å². The quantitative estimate of drug-likeness (QED) is 0.287. The van der Waals surface area contributed by atoms with Crippen LogP contribution in [0.4, 0.5) is 0 Å². The van der Waals surface area contributed by atoms with Gasteiger partial charge in [0.25, 0.3) is 0 Å². The number of rotatable bonds is 10. The van der Waals surface area contributed by atoms with Crippen LogP contribution in [0, 0.1) is 6.61 Å². The second kappa shape index (κ2) is 9.56. The molecule has 5 heteroatoms. The molecule has 0 bridgehead atoms. The van der Waals surface area contributed by atoms with Gasteiger partial charge in [0, 0.05) is 6.61 Å². The number of ether oxygens (including phenoxy) is 1. The Balaban J connectivity index is 2.64. The second-order valence-electron chi connectivity index (χ2n) is 4.94. The van der Waals surface area contributed by atoms with Crippen LogP contribution in [0.2, 0.25) is 12.1 Å². The van der Waals surface area contributed by atoms with E-state index in [-0.39, 0.29) is 6.61 Å². The molecule has 121 valence electrons. The summed E-state index contributed by atoms with van der Waals surface area (Å²) in [6.07, 6.45) is 0. The molecule has 0 unspecified atom stereocenters. The van der Waals surface area contributed by atoms with Gasteiger partial charge in [0.05, 0.1) is 12.2 Å². The lowest BCUT2D eigenvalue weighted by molar-refractivity contribution is -0.218. The first-order valence-corrected chi connectivity index (χ1v) is 10.1. The maximum absolute atomic E-state index is 11.8. The Morgan fingerprint density at radius 3 is 2.32 bits per heavy atom. The van der Waals surface area contributed by atoms with Gasteiger partial charge in [0.15, 0.2) is 6.61 Å². The highest BCUT2D eigenvalue weighted by molar-refractivity contribution is 6.95. The van der Waals surface area contributed by atoms with E-state index in [1.54, 1.807) is 12.1 Å². The molecule has 0 aliphatic carbocycles.